The SMILES string of the molecule is CC.CCc1cccc(N(C)N)c1/C=C/c1ccco1.NNC=O. The first-order chi connectivity index (χ1) is 11.6. The number of furan rings is 1. The molecule has 0 aliphatic carbocycles. The summed E-state index contributed by atoms with van der Waals surface area (Å²) in [5, 5.41) is 1.64. The van der Waals surface area contributed by atoms with Crippen LogP contribution in [0.15, 0.2) is 41.0 Å². The van der Waals surface area contributed by atoms with Crippen molar-refractivity contribution in [1.29, 1.82) is 0 Å². The van der Waals surface area contributed by atoms with E-state index < -0.39 is 0 Å². The number of nitrogens with zero attached hydrogens (tertiary/aromatic N) is 1. The minimum atomic E-state index is 0.403. The van der Waals surface area contributed by atoms with E-state index >= 15 is 0 Å². The highest BCUT2D eigenvalue weighted by molar-refractivity contribution is 5.77. The topological polar surface area (TPSA) is 97.5 Å². The normalized spacial score (nSPS) is 9.42. The fourth-order valence-corrected chi connectivity index (χ4v) is 1.96. The third-order valence-electron chi connectivity index (χ3n) is 2.96. The van der Waals surface area contributed by atoms with E-state index in [4.69, 9.17) is 15.1 Å². The Labute approximate surface area is 144 Å². The molecule has 0 fully saturated rings. The molecule has 1 amide bonds. The summed E-state index contributed by atoms with van der Waals surface area (Å²) in [6, 6.07) is 9.97. The Balaban J connectivity index is 0.000000773. The highest BCUT2D eigenvalue weighted by Crippen LogP contribution is 2.24. The van der Waals surface area contributed by atoms with E-state index in [-0.39, 0.29) is 0 Å². The molecule has 0 atom stereocenters. The number of anilines is 1. The summed E-state index contributed by atoms with van der Waals surface area (Å²) in [5.41, 5.74) is 5.17. The zero-order valence-corrected chi connectivity index (χ0v) is 14.8. The van der Waals surface area contributed by atoms with Gasteiger partial charge in [0.2, 0.25) is 6.41 Å². The van der Waals surface area contributed by atoms with Crippen LogP contribution in [0.4, 0.5) is 5.69 Å². The molecule has 24 heavy (non-hydrogen) atoms. The van der Waals surface area contributed by atoms with Crippen molar-refractivity contribution in [1.82, 2.24) is 5.43 Å². The standard InChI is InChI=1S/C15H18N2O.C2H6.CH4N2O/c1-3-12-6-4-8-15(17(2)16)14(12)10-9-13-7-5-11-18-13;1-2;2-3-1-4/h4-11H,3,16H2,1-2H3;1-2H3;1H,2H2,(H,3,4)/b10-9+;;. The van der Waals surface area contributed by atoms with Crippen molar-refractivity contribution in [3.63, 3.8) is 0 Å². The van der Waals surface area contributed by atoms with E-state index in [1.165, 1.54) is 5.56 Å². The number of hydrogen-bond acceptors (Lipinski definition) is 5. The summed E-state index contributed by atoms with van der Waals surface area (Å²) in [5.74, 6) is 11.1. The number of nitrogens with two attached hydrogens (primary N) is 2. The smallest absolute Gasteiger partial charge is 0.221 e. The summed E-state index contributed by atoms with van der Waals surface area (Å²) in [7, 11) is 1.85. The molecule has 1 heterocycles. The first-order valence-electron chi connectivity index (χ1n) is 7.85. The molecule has 6 nitrogen and oxygen atoms in total. The van der Waals surface area contributed by atoms with E-state index in [1.807, 2.05) is 51.2 Å². The number of amides is 1. The predicted octanol–water partition coefficient (Wildman–Crippen LogP) is 2.95. The molecule has 0 aliphatic rings. The molecule has 132 valence electrons. The van der Waals surface area contributed by atoms with Gasteiger partial charge in [-0.05, 0) is 42.3 Å². The minimum absolute atomic E-state index is 0.403. The maximum absolute atomic E-state index is 8.94. The molecule has 6 heteroatoms. The second-order valence-electron chi connectivity index (χ2n) is 4.45. The Bertz CT molecular complexity index is 593. The summed E-state index contributed by atoms with van der Waals surface area (Å²) >= 11 is 0. The largest absolute Gasteiger partial charge is 0.465 e. The summed E-state index contributed by atoms with van der Waals surface area (Å²) in [4.78, 5) is 8.94. The number of carbonyl (C=O) groups is 1. The van der Waals surface area contributed by atoms with Gasteiger partial charge in [0, 0.05) is 12.6 Å². The molecule has 1 aromatic heterocycles. The van der Waals surface area contributed by atoms with Crippen molar-refractivity contribution < 1.29 is 9.21 Å². The molecule has 2 aromatic rings. The lowest BCUT2D eigenvalue weighted by Gasteiger charge is -2.17. The van der Waals surface area contributed by atoms with Crippen LogP contribution in [0.5, 0.6) is 0 Å². The van der Waals surface area contributed by atoms with Gasteiger partial charge in [-0.1, -0.05) is 32.9 Å². The van der Waals surface area contributed by atoms with Gasteiger partial charge in [-0.3, -0.25) is 10.2 Å². The molecule has 0 unspecified atom stereocenters. The molecule has 0 bridgehead atoms. The second-order valence-corrected chi connectivity index (χ2v) is 4.45. The maximum Gasteiger partial charge on any atom is 0.221 e. The molecule has 1 aromatic carbocycles. The summed E-state index contributed by atoms with van der Waals surface area (Å²) < 4.78 is 5.30. The number of aryl methyl sites for hydroxylation is 1. The average molecular weight is 332 g/mol. The Morgan fingerprint density at radius 3 is 2.33 bits per heavy atom. The fraction of sp³-hybridized carbons (Fsp3) is 0.278. The van der Waals surface area contributed by atoms with E-state index in [1.54, 1.807) is 16.7 Å². The van der Waals surface area contributed by atoms with Crippen LogP contribution in [-0.4, -0.2) is 13.5 Å². The lowest BCUT2D eigenvalue weighted by molar-refractivity contribution is -0.109. The Morgan fingerprint density at radius 2 is 1.88 bits per heavy atom. The molecule has 0 saturated carbocycles. The number of hydrogen-bond donors (Lipinski definition) is 3. The van der Waals surface area contributed by atoms with Crippen molar-refractivity contribution >= 4 is 24.2 Å². The summed E-state index contributed by atoms with van der Waals surface area (Å²) in [6.07, 6.45) is 7.05. The highest BCUT2D eigenvalue weighted by Gasteiger charge is 2.06. The van der Waals surface area contributed by atoms with Gasteiger partial charge in [0.1, 0.15) is 5.76 Å². The van der Waals surface area contributed by atoms with Gasteiger partial charge in [-0.2, -0.15) is 0 Å². The van der Waals surface area contributed by atoms with Gasteiger partial charge in [-0.25, -0.2) is 11.7 Å². The van der Waals surface area contributed by atoms with Crippen LogP contribution < -0.4 is 22.1 Å². The molecule has 0 saturated heterocycles. The molecule has 2 rings (SSSR count). The van der Waals surface area contributed by atoms with Gasteiger partial charge in [0.15, 0.2) is 0 Å². The Morgan fingerprint density at radius 1 is 1.21 bits per heavy atom. The highest BCUT2D eigenvalue weighted by atomic mass is 16.3. The van der Waals surface area contributed by atoms with Crippen LogP contribution >= 0.6 is 0 Å². The van der Waals surface area contributed by atoms with Gasteiger partial charge in [-0.15, -0.1) is 0 Å². The van der Waals surface area contributed by atoms with Crippen molar-refractivity contribution in [2.24, 2.45) is 11.7 Å². The summed E-state index contributed by atoms with van der Waals surface area (Å²) in [6.45, 7) is 6.14. The Hall–Kier alpha value is -2.57. The van der Waals surface area contributed by atoms with E-state index in [2.05, 4.69) is 24.9 Å². The molecular weight excluding hydrogens is 304 g/mol. The van der Waals surface area contributed by atoms with Gasteiger partial charge in [0.05, 0.1) is 12.0 Å². The van der Waals surface area contributed by atoms with Crippen LogP contribution in [0.3, 0.4) is 0 Å². The van der Waals surface area contributed by atoms with Crippen molar-refractivity contribution in [3.8, 4) is 0 Å². The average Bonchev–Trinajstić information content (AvgIpc) is 3.15. The zero-order chi connectivity index (χ0) is 18.4. The van der Waals surface area contributed by atoms with Crippen LogP contribution in [0.2, 0.25) is 0 Å². The molecule has 0 radical (unpaired) electrons. The van der Waals surface area contributed by atoms with Crippen molar-refractivity contribution in [2.45, 2.75) is 27.2 Å². The molecule has 0 aliphatic heterocycles. The van der Waals surface area contributed by atoms with Crippen molar-refractivity contribution in [3.05, 3.63) is 53.5 Å². The van der Waals surface area contributed by atoms with E-state index in [9.17, 15) is 0 Å². The van der Waals surface area contributed by atoms with Crippen LogP contribution in [0.25, 0.3) is 12.2 Å². The number of carbonyl (C=O) groups excluding carboxylic acids is 1. The van der Waals surface area contributed by atoms with Gasteiger partial charge >= 0.3 is 0 Å². The lowest BCUT2D eigenvalue weighted by atomic mass is 10.0. The van der Waals surface area contributed by atoms with Gasteiger partial charge < -0.3 is 9.43 Å². The predicted molar refractivity (Wildman–Crippen MR) is 101 cm³/mol. The minimum Gasteiger partial charge on any atom is -0.465 e. The third kappa shape index (κ3) is 7.13. The monoisotopic (exact) mass is 332 g/mol. The van der Waals surface area contributed by atoms with Crippen LogP contribution in [-0.2, 0) is 11.2 Å². The quantitative estimate of drug-likeness (QED) is 0.338. The number of rotatable bonds is 5. The number of hydrazine groups is 2. The molecule has 5 N–H and O–H groups in total. The first kappa shape index (κ1) is 21.4. The fourth-order valence-electron chi connectivity index (χ4n) is 1.96. The zero-order valence-electron chi connectivity index (χ0n) is 14.8. The maximum atomic E-state index is 8.94. The second kappa shape index (κ2) is 12.9. The number of benzene rings is 1. The van der Waals surface area contributed by atoms with Crippen LogP contribution in [0.1, 0.15) is 37.7 Å². The van der Waals surface area contributed by atoms with E-state index in [0.717, 1.165) is 23.4 Å². The lowest BCUT2D eigenvalue weighted by Crippen LogP contribution is -2.26. The van der Waals surface area contributed by atoms with Crippen LogP contribution in [0, 0.1) is 0 Å². The first-order valence-corrected chi connectivity index (χ1v) is 7.85. The molecule has 0 spiro atoms. The molecular formula is C18H28N4O2. The Kier molecular flexibility index (Phi) is 11.5. The van der Waals surface area contributed by atoms with Gasteiger partial charge in [0.25, 0.3) is 0 Å². The third-order valence-corrected chi connectivity index (χ3v) is 2.96. The van der Waals surface area contributed by atoms with E-state index in [0.29, 0.717) is 6.41 Å². The van der Waals surface area contributed by atoms with Crippen molar-refractivity contribution in [2.75, 3.05) is 12.1 Å². The number of nitrogens with one attached hydrogen (secondary N) is 1.